The number of hydrogen-bond donors (Lipinski definition) is 2. The van der Waals surface area contributed by atoms with Crippen molar-refractivity contribution in [2.24, 2.45) is 0 Å². The van der Waals surface area contributed by atoms with E-state index in [1.165, 1.54) is 6.08 Å². The quantitative estimate of drug-likeness (QED) is 0.582. The molecule has 0 aliphatic heterocycles. The molecular formula is C21H24N2O4. The third-order valence-corrected chi connectivity index (χ3v) is 3.60. The van der Waals surface area contributed by atoms with E-state index in [1.807, 2.05) is 38.1 Å². The molecular weight excluding hydrogens is 344 g/mol. The van der Waals surface area contributed by atoms with E-state index < -0.39 is 17.9 Å². The molecule has 2 aromatic carbocycles. The SMILES string of the molecule is CCOc1ccc(O[C@@H](C)C(=O)NNC(=O)/C=C/c2cccc(C)c2)cc1. The molecule has 0 aromatic heterocycles. The van der Waals surface area contributed by atoms with Crippen LogP contribution in [0.5, 0.6) is 11.5 Å². The lowest BCUT2D eigenvalue weighted by atomic mass is 10.1. The van der Waals surface area contributed by atoms with Gasteiger partial charge in [0.25, 0.3) is 11.8 Å². The first-order valence-corrected chi connectivity index (χ1v) is 8.72. The van der Waals surface area contributed by atoms with Crippen molar-refractivity contribution in [3.05, 3.63) is 65.7 Å². The van der Waals surface area contributed by atoms with E-state index >= 15 is 0 Å². The van der Waals surface area contributed by atoms with Gasteiger partial charge in [0.2, 0.25) is 0 Å². The van der Waals surface area contributed by atoms with Crippen molar-refractivity contribution in [1.29, 1.82) is 0 Å². The van der Waals surface area contributed by atoms with Crippen LogP contribution in [-0.4, -0.2) is 24.5 Å². The van der Waals surface area contributed by atoms with Gasteiger partial charge in [-0.3, -0.25) is 20.4 Å². The molecule has 0 fully saturated rings. The molecule has 142 valence electrons. The zero-order chi connectivity index (χ0) is 19.6. The largest absolute Gasteiger partial charge is 0.494 e. The van der Waals surface area contributed by atoms with Crippen molar-refractivity contribution in [2.75, 3.05) is 6.61 Å². The van der Waals surface area contributed by atoms with Gasteiger partial charge in [-0.1, -0.05) is 29.8 Å². The molecule has 0 saturated carbocycles. The fraction of sp³-hybridized carbons (Fsp3) is 0.238. The van der Waals surface area contributed by atoms with E-state index in [9.17, 15) is 9.59 Å². The Hall–Kier alpha value is -3.28. The maximum atomic E-state index is 12.0. The van der Waals surface area contributed by atoms with Gasteiger partial charge in [-0.25, -0.2) is 0 Å². The van der Waals surface area contributed by atoms with E-state index in [0.29, 0.717) is 12.4 Å². The molecule has 0 heterocycles. The van der Waals surface area contributed by atoms with E-state index in [1.54, 1.807) is 37.3 Å². The summed E-state index contributed by atoms with van der Waals surface area (Å²) in [4.78, 5) is 23.9. The summed E-state index contributed by atoms with van der Waals surface area (Å²) in [6.07, 6.45) is 2.26. The van der Waals surface area contributed by atoms with E-state index in [2.05, 4.69) is 10.9 Å². The normalized spacial score (nSPS) is 11.7. The van der Waals surface area contributed by atoms with Crippen molar-refractivity contribution in [1.82, 2.24) is 10.9 Å². The minimum atomic E-state index is -0.774. The number of carbonyl (C=O) groups is 2. The molecule has 27 heavy (non-hydrogen) atoms. The van der Waals surface area contributed by atoms with E-state index in [0.717, 1.165) is 16.9 Å². The molecule has 6 nitrogen and oxygen atoms in total. The minimum absolute atomic E-state index is 0.432. The van der Waals surface area contributed by atoms with Crippen molar-refractivity contribution in [3.63, 3.8) is 0 Å². The van der Waals surface area contributed by atoms with E-state index in [-0.39, 0.29) is 0 Å². The molecule has 0 saturated heterocycles. The number of hydrogen-bond acceptors (Lipinski definition) is 4. The Kier molecular flexibility index (Phi) is 7.43. The van der Waals surface area contributed by atoms with Crippen LogP contribution in [-0.2, 0) is 9.59 Å². The summed E-state index contributed by atoms with van der Waals surface area (Å²) in [5.74, 6) is 0.376. The summed E-state index contributed by atoms with van der Waals surface area (Å²) in [5.41, 5.74) is 6.69. The maximum Gasteiger partial charge on any atom is 0.279 e. The molecule has 2 rings (SSSR count). The van der Waals surface area contributed by atoms with Crippen molar-refractivity contribution < 1.29 is 19.1 Å². The average Bonchev–Trinajstić information content (AvgIpc) is 2.66. The number of nitrogens with one attached hydrogen (secondary N) is 2. The van der Waals surface area contributed by atoms with Gasteiger partial charge in [0.1, 0.15) is 11.5 Å². The Labute approximate surface area is 159 Å². The van der Waals surface area contributed by atoms with Gasteiger partial charge in [-0.2, -0.15) is 0 Å². The standard InChI is InChI=1S/C21H24N2O4/c1-4-26-18-9-11-19(12-10-18)27-16(3)21(25)23-22-20(24)13-8-17-7-5-6-15(2)14-17/h5-14,16H,4H2,1-3H3,(H,22,24)(H,23,25)/b13-8+/t16-/m0/s1. The average molecular weight is 368 g/mol. The Morgan fingerprint density at radius 1 is 1.07 bits per heavy atom. The number of ether oxygens (including phenoxy) is 2. The molecule has 0 unspecified atom stereocenters. The van der Waals surface area contributed by atoms with Crippen LogP contribution in [0.25, 0.3) is 6.08 Å². The number of benzene rings is 2. The smallest absolute Gasteiger partial charge is 0.279 e. The summed E-state index contributed by atoms with van der Waals surface area (Å²) in [6.45, 7) is 6.06. The second-order valence-corrected chi connectivity index (χ2v) is 5.89. The molecule has 0 radical (unpaired) electrons. The summed E-state index contributed by atoms with van der Waals surface area (Å²) in [6, 6.07) is 14.7. The highest BCUT2D eigenvalue weighted by Crippen LogP contribution is 2.18. The van der Waals surface area contributed by atoms with Gasteiger partial charge >= 0.3 is 0 Å². The van der Waals surface area contributed by atoms with Crippen LogP contribution < -0.4 is 20.3 Å². The lowest BCUT2D eigenvalue weighted by Crippen LogP contribution is -2.46. The molecule has 2 amide bonds. The zero-order valence-electron chi connectivity index (χ0n) is 15.7. The first kappa shape index (κ1) is 20.0. The number of rotatable bonds is 7. The van der Waals surface area contributed by atoms with Crippen molar-refractivity contribution in [3.8, 4) is 11.5 Å². The third-order valence-electron chi connectivity index (χ3n) is 3.60. The number of aryl methyl sites for hydroxylation is 1. The number of amides is 2. The summed E-state index contributed by atoms with van der Waals surface area (Å²) in [7, 11) is 0. The van der Waals surface area contributed by atoms with Crippen LogP contribution in [0, 0.1) is 6.92 Å². The van der Waals surface area contributed by atoms with Gasteiger partial charge in [0.05, 0.1) is 6.61 Å². The Bertz CT molecular complexity index is 800. The van der Waals surface area contributed by atoms with Gasteiger partial charge in [-0.05, 0) is 56.7 Å². The molecule has 0 aliphatic rings. The van der Waals surface area contributed by atoms with Gasteiger partial charge in [-0.15, -0.1) is 0 Å². The fourth-order valence-electron chi connectivity index (χ4n) is 2.25. The highest BCUT2D eigenvalue weighted by Gasteiger charge is 2.15. The summed E-state index contributed by atoms with van der Waals surface area (Å²) in [5, 5.41) is 0. The molecule has 2 aromatic rings. The zero-order valence-corrected chi connectivity index (χ0v) is 15.7. The third kappa shape index (κ3) is 6.86. The minimum Gasteiger partial charge on any atom is -0.494 e. The van der Waals surface area contributed by atoms with E-state index in [4.69, 9.17) is 9.47 Å². The van der Waals surface area contributed by atoms with Crippen LogP contribution in [0.2, 0.25) is 0 Å². The lowest BCUT2D eigenvalue weighted by Gasteiger charge is -2.15. The molecule has 0 spiro atoms. The predicted molar refractivity (Wildman–Crippen MR) is 104 cm³/mol. The highest BCUT2D eigenvalue weighted by molar-refractivity contribution is 5.93. The lowest BCUT2D eigenvalue weighted by molar-refractivity contribution is -0.131. The van der Waals surface area contributed by atoms with Crippen LogP contribution in [0.4, 0.5) is 0 Å². The molecule has 0 aliphatic carbocycles. The Morgan fingerprint density at radius 2 is 1.78 bits per heavy atom. The second-order valence-electron chi connectivity index (χ2n) is 5.89. The fourth-order valence-corrected chi connectivity index (χ4v) is 2.25. The molecule has 6 heteroatoms. The van der Waals surface area contributed by atoms with Crippen LogP contribution in [0.3, 0.4) is 0 Å². The van der Waals surface area contributed by atoms with Crippen molar-refractivity contribution in [2.45, 2.75) is 26.9 Å². The van der Waals surface area contributed by atoms with Crippen LogP contribution in [0.15, 0.2) is 54.6 Å². The number of hydrazine groups is 1. The highest BCUT2D eigenvalue weighted by atomic mass is 16.5. The van der Waals surface area contributed by atoms with Crippen molar-refractivity contribution >= 4 is 17.9 Å². The first-order chi connectivity index (χ1) is 13.0. The van der Waals surface area contributed by atoms with Gasteiger partial charge in [0.15, 0.2) is 6.10 Å². The maximum absolute atomic E-state index is 12.0. The van der Waals surface area contributed by atoms with Crippen LogP contribution in [0.1, 0.15) is 25.0 Å². The van der Waals surface area contributed by atoms with Gasteiger partial charge < -0.3 is 9.47 Å². The number of carbonyl (C=O) groups excluding carboxylic acids is 2. The predicted octanol–water partition coefficient (Wildman–Crippen LogP) is 3.02. The Balaban J connectivity index is 1.79. The first-order valence-electron chi connectivity index (χ1n) is 8.72. The molecule has 2 N–H and O–H groups in total. The summed E-state index contributed by atoms with van der Waals surface area (Å²) >= 11 is 0. The summed E-state index contributed by atoms with van der Waals surface area (Å²) < 4.78 is 10.9. The Morgan fingerprint density at radius 3 is 2.44 bits per heavy atom. The molecule has 0 bridgehead atoms. The van der Waals surface area contributed by atoms with Gasteiger partial charge in [0, 0.05) is 6.08 Å². The second kappa shape index (κ2) is 10.0. The monoisotopic (exact) mass is 368 g/mol. The topological polar surface area (TPSA) is 76.7 Å². The van der Waals surface area contributed by atoms with Crippen LogP contribution >= 0.6 is 0 Å². The molecule has 1 atom stereocenters.